The van der Waals surface area contributed by atoms with E-state index in [1.807, 2.05) is 0 Å². The van der Waals surface area contributed by atoms with Gasteiger partial charge in [0.15, 0.2) is 0 Å². The summed E-state index contributed by atoms with van der Waals surface area (Å²) in [6.45, 7) is 3.57. The average molecular weight is 248 g/mol. The lowest BCUT2D eigenvalue weighted by atomic mass is 10.2. The van der Waals surface area contributed by atoms with Crippen molar-refractivity contribution in [2.45, 2.75) is 12.8 Å². The zero-order valence-corrected chi connectivity index (χ0v) is 9.97. The van der Waals surface area contributed by atoms with Crippen LogP contribution in [0.1, 0.15) is 12.8 Å². The smallest absolute Gasteiger partial charge is 0.305 e. The number of anilines is 1. The van der Waals surface area contributed by atoms with Gasteiger partial charge in [-0.2, -0.15) is 0 Å². The highest BCUT2D eigenvalue weighted by Gasteiger charge is 2.03. The Labute approximate surface area is 102 Å². The molecule has 1 aromatic carbocycles. The number of rotatable bonds is 4. The van der Waals surface area contributed by atoms with Crippen LogP contribution in [0.2, 0.25) is 0 Å². The van der Waals surface area contributed by atoms with E-state index in [0.29, 0.717) is 18.5 Å². The molecular formula is C12H12N2O2S. The molecule has 0 radical (unpaired) electrons. The fourth-order valence-corrected chi connectivity index (χ4v) is 2.26. The van der Waals surface area contributed by atoms with E-state index in [9.17, 15) is 9.59 Å². The van der Waals surface area contributed by atoms with Crippen LogP contribution in [0.3, 0.4) is 0 Å². The van der Waals surface area contributed by atoms with Gasteiger partial charge < -0.3 is 10.3 Å². The fourth-order valence-electron chi connectivity index (χ4n) is 1.48. The molecule has 0 aliphatic carbocycles. The third-order valence-corrected chi connectivity index (χ3v) is 3.13. The van der Waals surface area contributed by atoms with Crippen LogP contribution < -0.4 is 10.2 Å². The molecule has 2 N–H and O–H groups in total. The molecule has 0 saturated heterocycles. The molecule has 2 rings (SSSR count). The monoisotopic (exact) mass is 248 g/mol. The van der Waals surface area contributed by atoms with Crippen molar-refractivity contribution < 1.29 is 4.79 Å². The molecule has 0 atom stereocenters. The number of benzene rings is 1. The van der Waals surface area contributed by atoms with E-state index in [-0.39, 0.29) is 10.8 Å². The van der Waals surface area contributed by atoms with E-state index < -0.39 is 0 Å². The van der Waals surface area contributed by atoms with Gasteiger partial charge >= 0.3 is 4.87 Å². The maximum atomic E-state index is 11.5. The van der Waals surface area contributed by atoms with Gasteiger partial charge in [-0.1, -0.05) is 17.4 Å². The highest BCUT2D eigenvalue weighted by atomic mass is 32.1. The minimum absolute atomic E-state index is 0.0490. The van der Waals surface area contributed by atoms with Gasteiger partial charge in [-0.15, -0.1) is 6.58 Å². The molecule has 4 nitrogen and oxygen atoms in total. The first-order valence-electron chi connectivity index (χ1n) is 5.22. The lowest BCUT2D eigenvalue weighted by molar-refractivity contribution is -0.116. The molecule has 0 saturated carbocycles. The second-order valence-electron chi connectivity index (χ2n) is 3.60. The van der Waals surface area contributed by atoms with E-state index in [1.54, 1.807) is 24.3 Å². The summed E-state index contributed by atoms with van der Waals surface area (Å²) in [5.74, 6) is -0.0490. The minimum atomic E-state index is -0.0878. The lowest BCUT2D eigenvalue weighted by Crippen LogP contribution is -2.10. The van der Waals surface area contributed by atoms with Crippen molar-refractivity contribution >= 4 is 33.1 Å². The lowest BCUT2D eigenvalue weighted by Gasteiger charge is -2.03. The molecular weight excluding hydrogens is 236 g/mol. The molecule has 0 unspecified atom stereocenters. The predicted molar refractivity (Wildman–Crippen MR) is 70.5 cm³/mol. The van der Waals surface area contributed by atoms with Crippen LogP contribution in [0.15, 0.2) is 35.6 Å². The number of H-pyrrole nitrogens is 1. The standard InChI is InChI=1S/C12H12N2O2S/c1-2-3-4-11(15)13-8-5-6-9-10(7-8)17-12(16)14-9/h2,5-7H,1,3-4H2,(H,13,15)(H,14,16). The largest absolute Gasteiger partial charge is 0.326 e. The van der Waals surface area contributed by atoms with Crippen LogP contribution in [0.25, 0.3) is 10.2 Å². The predicted octanol–water partition coefficient (Wildman–Crippen LogP) is 2.49. The number of aromatic amines is 1. The summed E-state index contributed by atoms with van der Waals surface area (Å²) >= 11 is 1.13. The Morgan fingerprint density at radius 1 is 1.53 bits per heavy atom. The van der Waals surface area contributed by atoms with Gasteiger partial charge in [0.05, 0.1) is 10.2 Å². The Kier molecular flexibility index (Phi) is 3.39. The van der Waals surface area contributed by atoms with Gasteiger partial charge in [0, 0.05) is 12.1 Å². The molecule has 2 aromatic rings. The van der Waals surface area contributed by atoms with Crippen molar-refractivity contribution in [3.05, 3.63) is 40.5 Å². The zero-order chi connectivity index (χ0) is 12.3. The van der Waals surface area contributed by atoms with Gasteiger partial charge in [-0.3, -0.25) is 9.59 Å². The number of nitrogens with one attached hydrogen (secondary N) is 2. The molecule has 0 bridgehead atoms. The SMILES string of the molecule is C=CCCC(=O)Nc1ccc2[nH]c(=O)sc2c1. The van der Waals surface area contributed by atoms with Gasteiger partial charge in [0.1, 0.15) is 0 Å². The number of carbonyl (C=O) groups is 1. The molecule has 5 heteroatoms. The molecule has 0 fully saturated rings. The first-order valence-corrected chi connectivity index (χ1v) is 6.04. The van der Waals surface area contributed by atoms with Crippen LogP contribution in [0.4, 0.5) is 5.69 Å². The highest BCUT2D eigenvalue weighted by molar-refractivity contribution is 7.16. The fraction of sp³-hybridized carbons (Fsp3) is 0.167. The van der Waals surface area contributed by atoms with Crippen LogP contribution >= 0.6 is 11.3 Å². The third kappa shape index (κ3) is 2.82. The Morgan fingerprint density at radius 3 is 3.12 bits per heavy atom. The molecule has 0 aliphatic rings. The number of allylic oxidation sites excluding steroid dienone is 1. The Hall–Kier alpha value is -1.88. The number of carbonyl (C=O) groups excluding carboxylic acids is 1. The van der Waals surface area contributed by atoms with Gasteiger partial charge in [-0.25, -0.2) is 0 Å². The number of thiazole rings is 1. The van der Waals surface area contributed by atoms with E-state index in [2.05, 4.69) is 16.9 Å². The van der Waals surface area contributed by atoms with Gasteiger partial charge in [0.25, 0.3) is 0 Å². The first-order chi connectivity index (χ1) is 8.19. The van der Waals surface area contributed by atoms with Crippen LogP contribution in [-0.2, 0) is 4.79 Å². The normalized spacial score (nSPS) is 10.4. The third-order valence-electron chi connectivity index (χ3n) is 2.28. The second kappa shape index (κ2) is 4.97. The molecule has 88 valence electrons. The van der Waals surface area contributed by atoms with E-state index >= 15 is 0 Å². The first kappa shape index (κ1) is 11.6. The summed E-state index contributed by atoms with van der Waals surface area (Å²) in [4.78, 5) is 25.2. The summed E-state index contributed by atoms with van der Waals surface area (Å²) < 4.78 is 0.844. The molecule has 1 amide bonds. The van der Waals surface area contributed by atoms with E-state index in [1.165, 1.54) is 0 Å². The zero-order valence-electron chi connectivity index (χ0n) is 9.16. The number of hydrogen-bond acceptors (Lipinski definition) is 3. The summed E-state index contributed by atoms with van der Waals surface area (Å²) in [5.41, 5.74) is 1.51. The summed E-state index contributed by atoms with van der Waals surface area (Å²) in [6.07, 6.45) is 2.79. The van der Waals surface area contributed by atoms with Gasteiger partial charge in [-0.05, 0) is 24.6 Å². The van der Waals surface area contributed by atoms with Crippen molar-refractivity contribution in [2.24, 2.45) is 0 Å². The maximum absolute atomic E-state index is 11.5. The quantitative estimate of drug-likeness (QED) is 0.816. The molecule has 1 aromatic heterocycles. The molecule has 0 aliphatic heterocycles. The summed E-state index contributed by atoms with van der Waals surface area (Å²) in [7, 11) is 0. The highest BCUT2D eigenvalue weighted by Crippen LogP contribution is 2.19. The minimum Gasteiger partial charge on any atom is -0.326 e. The summed E-state index contributed by atoms with van der Waals surface area (Å²) in [5, 5.41) is 2.78. The van der Waals surface area contributed by atoms with E-state index in [4.69, 9.17) is 0 Å². The molecule has 17 heavy (non-hydrogen) atoms. The Bertz CT molecular complexity index is 612. The average Bonchev–Trinajstić information content (AvgIpc) is 2.65. The number of aromatic nitrogens is 1. The number of hydrogen-bond donors (Lipinski definition) is 2. The van der Waals surface area contributed by atoms with Gasteiger partial charge in [0.2, 0.25) is 5.91 Å². The van der Waals surface area contributed by atoms with Crippen molar-refractivity contribution in [3.63, 3.8) is 0 Å². The number of amides is 1. The van der Waals surface area contributed by atoms with Crippen molar-refractivity contribution in [1.29, 1.82) is 0 Å². The van der Waals surface area contributed by atoms with E-state index in [0.717, 1.165) is 21.6 Å². The Morgan fingerprint density at radius 2 is 2.35 bits per heavy atom. The van der Waals surface area contributed by atoms with Crippen molar-refractivity contribution in [1.82, 2.24) is 4.98 Å². The van der Waals surface area contributed by atoms with Crippen LogP contribution in [-0.4, -0.2) is 10.9 Å². The Balaban J connectivity index is 2.16. The second-order valence-corrected chi connectivity index (χ2v) is 4.62. The summed E-state index contributed by atoms with van der Waals surface area (Å²) in [6, 6.07) is 5.36. The maximum Gasteiger partial charge on any atom is 0.305 e. The molecule has 1 heterocycles. The molecule has 0 spiro atoms. The topological polar surface area (TPSA) is 62.0 Å². The van der Waals surface area contributed by atoms with Crippen LogP contribution in [0, 0.1) is 0 Å². The van der Waals surface area contributed by atoms with Crippen LogP contribution in [0.5, 0.6) is 0 Å². The van der Waals surface area contributed by atoms with Crippen molar-refractivity contribution in [2.75, 3.05) is 5.32 Å². The van der Waals surface area contributed by atoms with Crippen molar-refractivity contribution in [3.8, 4) is 0 Å². The number of fused-ring (bicyclic) bond motifs is 1.